The largest absolute Gasteiger partial charge is 0.508 e. The topological polar surface area (TPSA) is 310 Å². The van der Waals surface area contributed by atoms with Crippen LogP contribution in [0.25, 0.3) is 0 Å². The number of phenols is 4. The van der Waals surface area contributed by atoms with Gasteiger partial charge in [0.2, 0.25) is 0 Å². The van der Waals surface area contributed by atoms with Crippen molar-refractivity contribution in [2.75, 3.05) is 40.6 Å². The Labute approximate surface area is 781 Å². The molecule has 24 bridgehead atoms. The highest BCUT2D eigenvalue weighted by molar-refractivity contribution is 5.93. The SMILES string of the molecule is COc1cc(O)c2cc1C(c1ccc(C(=O)OCC(=O)OC3(C)C4CC5CC(C4)CC3C5)cc1)c1cc(c(OC)cc1O)C(c1ccc(C(=O)OCC(=O)OC3(C)C4CC5CC(C4)CC3C5)cc1)c1cc(c(C)cc1O)C(c1ccc(C(=O)OCC(=O)OC3(C)C4CC5CC(C4)CC3C5)cc1)c1cc(c(C)cc1O)C2c1ccc(C(=O)OCC(=O)OC2(C)C3CC4CC(C3)CC2C4)cc1. The second-order valence-corrected chi connectivity index (χ2v) is 43.2. The third-order valence-electron chi connectivity index (χ3n) is 35.7. The first-order valence-electron chi connectivity index (χ1n) is 48.8. The van der Waals surface area contributed by atoms with Gasteiger partial charge in [0.1, 0.15) is 56.9 Å². The van der Waals surface area contributed by atoms with Crippen LogP contribution in [0.3, 0.4) is 0 Å². The minimum absolute atomic E-state index is 0.0865. The quantitative estimate of drug-likeness (QED) is 0.0362. The molecule has 0 radical (unpaired) electrons. The summed E-state index contributed by atoms with van der Waals surface area (Å²) in [5.41, 5.74) is 3.62. The number of ether oxygens (including phenoxy) is 10. The van der Waals surface area contributed by atoms with Crippen LogP contribution in [0.1, 0.15) is 299 Å². The third-order valence-corrected chi connectivity index (χ3v) is 35.7. The zero-order chi connectivity index (χ0) is 93.0. The molecule has 0 spiro atoms. The van der Waals surface area contributed by atoms with E-state index in [2.05, 4.69) is 0 Å². The van der Waals surface area contributed by atoms with Crippen LogP contribution in [0.15, 0.2) is 146 Å². The van der Waals surface area contributed by atoms with E-state index in [-0.39, 0.29) is 121 Å². The smallest absolute Gasteiger partial charge is 0.344 e. The van der Waals surface area contributed by atoms with E-state index in [0.717, 1.165) is 103 Å². The predicted molar refractivity (Wildman–Crippen MR) is 492 cm³/mol. The van der Waals surface area contributed by atoms with Crippen molar-refractivity contribution >= 4 is 47.8 Å². The molecule has 22 nitrogen and oxygen atoms in total. The van der Waals surface area contributed by atoms with Gasteiger partial charge in [0.25, 0.3) is 0 Å². The predicted octanol–water partition coefficient (Wildman–Crippen LogP) is 19.8. The van der Waals surface area contributed by atoms with Gasteiger partial charge in [0.05, 0.1) is 36.5 Å². The Balaban J connectivity index is 0.675. The van der Waals surface area contributed by atoms with Gasteiger partial charge in [-0.25, -0.2) is 38.4 Å². The van der Waals surface area contributed by atoms with E-state index >= 15 is 0 Å². The van der Waals surface area contributed by atoms with Crippen LogP contribution in [-0.4, -0.2) is 131 Å². The summed E-state index contributed by atoms with van der Waals surface area (Å²) in [4.78, 5) is 113. The Morgan fingerprint density at radius 1 is 0.261 bits per heavy atom. The molecule has 0 aromatic heterocycles. The standard InChI is InChI=1S/C112H120O22/c1-57-25-91(113)85-47-83(57)102(68-11-19-72(20-12-68)106(122)128-54-98(118)132-110(4)77-35-61-28-62(37-77)38-78(110)36-61)87-49-89(95(125-7)51-93(87)115)104(70-15-23-74(24-16-70)108(124)130-56-100(120)134-112(6)81-43-65-30-66(45-81)46-82(112)44-65)88-50-90(96(126-8)52-94(88)116)103(69-13-21-73(22-14-69)107(123)129-55-99(119)133-111(5)79-39-63-29-64(41-79)42-80(111)40-63)86-48-84(58(2)26-92(86)114)101(85)67-9-17-71(18-10-67)105(121)127-53-97(117)131-109(3)75-31-59-27-60(33-75)34-76(109)32-59/h9-26,47-52,59-66,75-82,101-104,113-116H,27-46,53-56H2,1-8H3. The summed E-state index contributed by atoms with van der Waals surface area (Å²) in [7, 11) is 2.89. The molecule has 700 valence electrons. The molecule has 16 fully saturated rings. The number of phenolic OH excluding ortho intramolecular Hbond substituents is 4. The Morgan fingerprint density at radius 3 is 0.649 bits per heavy atom. The van der Waals surface area contributed by atoms with Crippen LogP contribution in [0.5, 0.6) is 34.5 Å². The van der Waals surface area contributed by atoms with E-state index in [9.17, 15) is 58.8 Å². The van der Waals surface area contributed by atoms with Gasteiger partial charge in [-0.2, -0.15) is 0 Å². The number of methoxy groups -OCH3 is 2. The summed E-state index contributed by atoms with van der Waals surface area (Å²) in [6.45, 7) is 9.33. The number of esters is 8. The lowest BCUT2D eigenvalue weighted by Gasteiger charge is -2.59. The van der Waals surface area contributed by atoms with Gasteiger partial charge in [0.15, 0.2) is 26.4 Å². The van der Waals surface area contributed by atoms with Crippen molar-refractivity contribution in [1.29, 1.82) is 0 Å². The van der Waals surface area contributed by atoms with Crippen molar-refractivity contribution < 1.29 is 106 Å². The van der Waals surface area contributed by atoms with Crippen LogP contribution >= 0.6 is 0 Å². The van der Waals surface area contributed by atoms with E-state index in [1.807, 2.05) is 53.7 Å². The zero-order valence-corrected chi connectivity index (χ0v) is 77.5. The van der Waals surface area contributed by atoms with Crippen LogP contribution < -0.4 is 9.47 Å². The molecule has 25 rings (SSSR count). The van der Waals surface area contributed by atoms with Gasteiger partial charge >= 0.3 is 47.8 Å². The molecule has 16 saturated carbocycles. The Kier molecular flexibility index (Phi) is 22.7. The van der Waals surface area contributed by atoms with Crippen molar-refractivity contribution in [3.8, 4) is 34.5 Å². The van der Waals surface area contributed by atoms with E-state index in [0.29, 0.717) is 109 Å². The molecule has 0 saturated heterocycles. The van der Waals surface area contributed by atoms with E-state index in [4.69, 9.17) is 47.4 Å². The molecular formula is C112H120O22. The highest BCUT2D eigenvalue weighted by Gasteiger charge is 2.62. The molecule has 8 aromatic carbocycles. The lowest BCUT2D eigenvalue weighted by atomic mass is 9.50. The Morgan fingerprint density at radius 2 is 0.448 bits per heavy atom. The Bertz CT molecular complexity index is 5900. The minimum Gasteiger partial charge on any atom is -0.508 e. The summed E-state index contributed by atoms with van der Waals surface area (Å²) in [6.07, 6.45) is 21.0. The fraction of sp³-hybridized carbons (Fsp3) is 0.500. The third kappa shape index (κ3) is 15.9. The second kappa shape index (κ2) is 34.3. The average molecular weight is 1820 g/mol. The van der Waals surface area contributed by atoms with Gasteiger partial charge in [-0.05, 0) is 394 Å². The number of benzene rings is 8. The van der Waals surface area contributed by atoms with Gasteiger partial charge in [0, 0.05) is 69.2 Å². The monoisotopic (exact) mass is 1820 g/mol. The minimum atomic E-state index is -1.14. The molecule has 4 N–H and O–H groups in total. The molecule has 0 heterocycles. The molecule has 0 amide bonds. The molecule has 17 aliphatic rings. The number of rotatable bonds is 22. The van der Waals surface area contributed by atoms with E-state index in [1.165, 1.54) is 52.0 Å². The molecule has 17 aliphatic carbocycles. The van der Waals surface area contributed by atoms with Gasteiger partial charge < -0.3 is 67.8 Å². The number of carbonyl (C=O) groups is 8. The van der Waals surface area contributed by atoms with Gasteiger partial charge in [-0.1, -0.05) is 48.5 Å². The number of aryl methyl sites for hydroxylation is 2. The zero-order valence-electron chi connectivity index (χ0n) is 77.5. The molecular weight excluding hydrogens is 1700 g/mol. The molecule has 0 aliphatic heterocycles. The highest BCUT2D eigenvalue weighted by atomic mass is 16.6. The first-order chi connectivity index (χ1) is 64.3. The average Bonchev–Trinajstić information content (AvgIpc) is 0.741. The number of aromatic hydroxyl groups is 4. The molecule has 4 atom stereocenters. The maximum Gasteiger partial charge on any atom is 0.344 e. The number of fused-ring (bicyclic) bond motifs is 8. The summed E-state index contributed by atoms with van der Waals surface area (Å²) in [5.74, 6) is -3.63. The second-order valence-electron chi connectivity index (χ2n) is 43.2. The molecule has 8 aromatic rings. The van der Waals surface area contributed by atoms with Crippen LogP contribution in [0.2, 0.25) is 0 Å². The first-order valence-corrected chi connectivity index (χ1v) is 48.8. The van der Waals surface area contributed by atoms with Crippen molar-refractivity contribution in [3.05, 3.63) is 246 Å². The van der Waals surface area contributed by atoms with Crippen LogP contribution in [-0.2, 0) is 57.1 Å². The lowest BCUT2D eigenvalue weighted by Crippen LogP contribution is -2.58. The van der Waals surface area contributed by atoms with Crippen molar-refractivity contribution in [2.45, 2.75) is 216 Å². The number of hydrogen-bond donors (Lipinski definition) is 4. The van der Waals surface area contributed by atoms with E-state index < -0.39 is 120 Å². The Hall–Kier alpha value is -11.7. The summed E-state index contributed by atoms with van der Waals surface area (Å²) in [6, 6.07) is 39.7. The fourth-order valence-corrected chi connectivity index (χ4v) is 29.4. The summed E-state index contributed by atoms with van der Waals surface area (Å²) < 4.78 is 61.2. The van der Waals surface area contributed by atoms with Gasteiger partial charge in [-0.15, -0.1) is 0 Å². The van der Waals surface area contributed by atoms with Crippen molar-refractivity contribution in [3.63, 3.8) is 0 Å². The van der Waals surface area contributed by atoms with Crippen molar-refractivity contribution in [2.24, 2.45) is 94.7 Å². The molecule has 22 heteroatoms. The maximum atomic E-state index is 14.4. The van der Waals surface area contributed by atoms with Crippen molar-refractivity contribution in [1.82, 2.24) is 0 Å². The van der Waals surface area contributed by atoms with Gasteiger partial charge in [-0.3, -0.25) is 0 Å². The highest BCUT2D eigenvalue weighted by Crippen LogP contribution is 2.65. The molecule has 4 unspecified atom stereocenters. The van der Waals surface area contributed by atoms with E-state index in [1.54, 1.807) is 121 Å². The summed E-state index contributed by atoms with van der Waals surface area (Å²) >= 11 is 0. The first kappa shape index (κ1) is 88.9. The fourth-order valence-electron chi connectivity index (χ4n) is 29.4. The lowest BCUT2D eigenvalue weighted by molar-refractivity contribution is -0.206. The van der Waals surface area contributed by atoms with Crippen LogP contribution in [0.4, 0.5) is 0 Å². The summed E-state index contributed by atoms with van der Waals surface area (Å²) in [5, 5.41) is 52.8. The number of carbonyl (C=O) groups excluding carboxylic acids is 8. The normalized spacial score (nSPS) is 32.5. The maximum absolute atomic E-state index is 14.4. The molecule has 134 heavy (non-hydrogen) atoms. The number of hydrogen-bond acceptors (Lipinski definition) is 22. The van der Waals surface area contributed by atoms with Crippen LogP contribution in [0, 0.1) is 109 Å².